The molecule has 0 N–H and O–H groups in total. The fourth-order valence-electron chi connectivity index (χ4n) is 1.95. The highest BCUT2D eigenvalue weighted by molar-refractivity contribution is 6.79. The first kappa shape index (κ1) is 10.7. The standard InChI is InChI=1S/C9H18NO2Si/c1-4-13(5-2,6-3)10-8-12-7-9(10)11/h8H,4-7H2,1-3H3/q-1. The van der Waals surface area contributed by atoms with E-state index in [-0.39, 0.29) is 12.5 Å². The molecule has 0 saturated carbocycles. The van der Waals surface area contributed by atoms with Crippen molar-refractivity contribution < 1.29 is 9.53 Å². The van der Waals surface area contributed by atoms with Crippen LogP contribution in [0.4, 0.5) is 0 Å². The first-order valence-corrected chi connectivity index (χ1v) is 7.54. The molecule has 76 valence electrons. The third kappa shape index (κ3) is 1.78. The van der Waals surface area contributed by atoms with Gasteiger partial charge < -0.3 is 9.30 Å². The molecule has 1 amide bonds. The Labute approximate surface area is 81.1 Å². The monoisotopic (exact) mass is 200 g/mol. The molecule has 1 aliphatic heterocycles. The van der Waals surface area contributed by atoms with E-state index in [0.29, 0.717) is 0 Å². The lowest BCUT2D eigenvalue weighted by Crippen LogP contribution is -2.51. The molecule has 0 aromatic heterocycles. The first-order valence-electron chi connectivity index (χ1n) is 4.97. The summed E-state index contributed by atoms with van der Waals surface area (Å²) >= 11 is 0. The summed E-state index contributed by atoms with van der Waals surface area (Å²) in [6.45, 7) is 8.43. The molecule has 0 bridgehead atoms. The summed E-state index contributed by atoms with van der Waals surface area (Å²) < 4.78 is 6.98. The second-order valence-corrected chi connectivity index (χ2v) is 8.52. The zero-order valence-electron chi connectivity index (χ0n) is 8.67. The Bertz CT molecular complexity index is 184. The normalized spacial score (nSPS) is 18.4. The van der Waals surface area contributed by atoms with Crippen molar-refractivity contribution in [1.29, 1.82) is 0 Å². The van der Waals surface area contributed by atoms with Crippen LogP contribution in [0.2, 0.25) is 18.1 Å². The van der Waals surface area contributed by atoms with Crippen LogP contribution in [0.5, 0.6) is 0 Å². The third-order valence-corrected chi connectivity index (χ3v) is 8.47. The molecule has 0 aromatic rings. The van der Waals surface area contributed by atoms with E-state index in [1.807, 2.05) is 4.57 Å². The molecule has 1 aliphatic rings. The van der Waals surface area contributed by atoms with Gasteiger partial charge in [-0.05, 0) is 18.1 Å². The van der Waals surface area contributed by atoms with Crippen LogP contribution >= 0.6 is 0 Å². The smallest absolute Gasteiger partial charge is 0.210 e. The van der Waals surface area contributed by atoms with Gasteiger partial charge in [-0.25, -0.2) is 0 Å². The lowest BCUT2D eigenvalue weighted by Gasteiger charge is -2.44. The van der Waals surface area contributed by atoms with Gasteiger partial charge in [0.15, 0.2) is 0 Å². The summed E-state index contributed by atoms with van der Waals surface area (Å²) in [5.41, 5.74) is 0. The Morgan fingerprint density at radius 1 is 1.38 bits per heavy atom. The lowest BCUT2D eigenvalue weighted by atomic mass is 10.7. The van der Waals surface area contributed by atoms with Crippen LogP contribution in [0, 0.1) is 6.73 Å². The molecule has 13 heavy (non-hydrogen) atoms. The predicted molar refractivity (Wildman–Crippen MR) is 54.3 cm³/mol. The number of ether oxygens (including phenoxy) is 1. The zero-order chi connectivity index (χ0) is 9.90. The van der Waals surface area contributed by atoms with E-state index in [0.717, 1.165) is 18.1 Å². The van der Waals surface area contributed by atoms with Crippen molar-refractivity contribution in [2.45, 2.75) is 38.9 Å². The molecule has 4 heteroatoms. The molecule has 0 aliphatic carbocycles. The fourth-order valence-corrected chi connectivity index (χ4v) is 5.36. The van der Waals surface area contributed by atoms with Crippen LogP contribution in [0.3, 0.4) is 0 Å². The molecule has 1 saturated heterocycles. The topological polar surface area (TPSA) is 29.5 Å². The number of rotatable bonds is 4. The molecule has 0 unspecified atom stereocenters. The number of amides is 1. The summed E-state index contributed by atoms with van der Waals surface area (Å²) in [5.74, 6) is 0.150. The highest BCUT2D eigenvalue weighted by atomic mass is 28.3. The largest absolute Gasteiger partial charge is 0.525 e. The molecular formula is C9H18NO2Si-. The third-order valence-electron chi connectivity index (χ3n) is 3.14. The van der Waals surface area contributed by atoms with Gasteiger partial charge in [-0.2, -0.15) is 0 Å². The highest BCUT2D eigenvalue weighted by Crippen LogP contribution is 2.28. The van der Waals surface area contributed by atoms with Crippen molar-refractivity contribution in [1.82, 2.24) is 4.57 Å². The Morgan fingerprint density at radius 2 is 1.92 bits per heavy atom. The first-order chi connectivity index (χ1) is 6.20. The van der Waals surface area contributed by atoms with E-state index in [9.17, 15) is 4.79 Å². The lowest BCUT2D eigenvalue weighted by molar-refractivity contribution is -0.123. The number of nitrogens with zero attached hydrogens (tertiary/aromatic N) is 1. The molecule has 0 atom stereocenters. The SMILES string of the molecule is CC[Si](CC)(CC)N1[CH-]OCC1=O. The Kier molecular flexibility index (Phi) is 3.50. The summed E-state index contributed by atoms with van der Waals surface area (Å²) in [4.78, 5) is 11.5. The van der Waals surface area contributed by atoms with E-state index in [1.54, 1.807) is 6.73 Å². The van der Waals surface area contributed by atoms with Gasteiger partial charge in [0, 0.05) is 0 Å². The van der Waals surface area contributed by atoms with E-state index >= 15 is 0 Å². The van der Waals surface area contributed by atoms with Gasteiger partial charge >= 0.3 is 0 Å². The number of hydrogen-bond acceptors (Lipinski definition) is 2. The molecular weight excluding hydrogens is 182 g/mol. The van der Waals surface area contributed by atoms with Crippen molar-refractivity contribution in [3.8, 4) is 0 Å². The van der Waals surface area contributed by atoms with Crippen molar-refractivity contribution in [2.75, 3.05) is 6.61 Å². The van der Waals surface area contributed by atoms with Crippen molar-refractivity contribution >= 4 is 14.1 Å². The van der Waals surface area contributed by atoms with Crippen molar-refractivity contribution in [3.63, 3.8) is 0 Å². The number of hydrogen-bond donors (Lipinski definition) is 0. The minimum atomic E-state index is -1.54. The van der Waals surface area contributed by atoms with Gasteiger partial charge in [0.2, 0.25) is 5.91 Å². The molecule has 0 radical (unpaired) electrons. The van der Waals surface area contributed by atoms with Crippen LogP contribution in [-0.4, -0.2) is 25.3 Å². The van der Waals surface area contributed by atoms with Gasteiger partial charge in [0.05, 0.1) is 6.61 Å². The Morgan fingerprint density at radius 3 is 2.23 bits per heavy atom. The van der Waals surface area contributed by atoms with E-state index in [1.165, 1.54) is 0 Å². The Balaban J connectivity index is 2.79. The predicted octanol–water partition coefficient (Wildman–Crippen LogP) is 1.97. The van der Waals surface area contributed by atoms with E-state index in [4.69, 9.17) is 4.74 Å². The average molecular weight is 200 g/mol. The number of carbonyl (C=O) groups is 1. The van der Waals surface area contributed by atoms with Gasteiger partial charge in [0.1, 0.15) is 8.24 Å². The van der Waals surface area contributed by atoms with Gasteiger partial charge in [-0.1, -0.05) is 20.8 Å². The maximum Gasteiger partial charge on any atom is 0.210 e. The maximum absolute atomic E-state index is 11.5. The summed E-state index contributed by atoms with van der Waals surface area (Å²) in [7, 11) is -1.54. The molecule has 0 spiro atoms. The van der Waals surface area contributed by atoms with Crippen LogP contribution in [0.1, 0.15) is 20.8 Å². The second kappa shape index (κ2) is 4.24. The second-order valence-electron chi connectivity index (χ2n) is 3.47. The number of carbonyl (C=O) groups excluding carboxylic acids is 1. The average Bonchev–Trinajstić information content (AvgIpc) is 2.57. The van der Waals surface area contributed by atoms with Crippen LogP contribution in [0.25, 0.3) is 0 Å². The highest BCUT2D eigenvalue weighted by Gasteiger charge is 2.34. The van der Waals surface area contributed by atoms with Crippen molar-refractivity contribution in [2.24, 2.45) is 0 Å². The van der Waals surface area contributed by atoms with E-state index < -0.39 is 8.24 Å². The van der Waals surface area contributed by atoms with Crippen LogP contribution < -0.4 is 0 Å². The van der Waals surface area contributed by atoms with Gasteiger partial charge in [0.25, 0.3) is 0 Å². The minimum absolute atomic E-state index is 0.150. The van der Waals surface area contributed by atoms with Gasteiger partial charge in [-0.15, -0.1) is 6.73 Å². The summed E-state index contributed by atoms with van der Waals surface area (Å²) in [6.07, 6.45) is 0. The van der Waals surface area contributed by atoms with Crippen LogP contribution in [-0.2, 0) is 9.53 Å². The molecule has 1 fully saturated rings. The molecule has 3 nitrogen and oxygen atoms in total. The molecule has 1 rings (SSSR count). The quantitative estimate of drug-likeness (QED) is 0.513. The Hall–Kier alpha value is -0.353. The summed E-state index contributed by atoms with van der Waals surface area (Å²) in [5, 5.41) is 0. The zero-order valence-corrected chi connectivity index (χ0v) is 9.67. The van der Waals surface area contributed by atoms with Crippen molar-refractivity contribution in [3.05, 3.63) is 6.73 Å². The molecule has 1 heterocycles. The molecule has 0 aromatic carbocycles. The minimum Gasteiger partial charge on any atom is -0.525 e. The summed E-state index contributed by atoms with van der Waals surface area (Å²) in [6, 6.07) is 3.35. The van der Waals surface area contributed by atoms with Gasteiger partial charge in [-0.3, -0.25) is 4.79 Å². The maximum atomic E-state index is 11.5. The van der Waals surface area contributed by atoms with E-state index in [2.05, 4.69) is 20.8 Å². The fraction of sp³-hybridized carbons (Fsp3) is 0.778. The van der Waals surface area contributed by atoms with Crippen LogP contribution in [0.15, 0.2) is 0 Å².